The smallest absolute Gasteiger partial charge is 0.295 e. The van der Waals surface area contributed by atoms with Crippen molar-refractivity contribution in [1.82, 2.24) is 9.80 Å². The van der Waals surface area contributed by atoms with Gasteiger partial charge in [-0.1, -0.05) is 6.07 Å². The SMILES string of the molecule is O=C1C(=O)N(CCCN2CCOCC2)[C@@H](c2cccs2)/C1=C(\O)c1ccc2c(c1)OCCO2. The number of hydrogen-bond acceptors (Lipinski definition) is 8. The Balaban J connectivity index is 1.44. The molecule has 0 radical (unpaired) electrons. The molecule has 3 aliphatic heterocycles. The zero-order valence-electron chi connectivity index (χ0n) is 18.2. The summed E-state index contributed by atoms with van der Waals surface area (Å²) in [5.74, 6) is -0.324. The first-order chi connectivity index (χ1) is 16.1. The summed E-state index contributed by atoms with van der Waals surface area (Å²) in [4.78, 5) is 30.9. The Labute approximate surface area is 196 Å². The van der Waals surface area contributed by atoms with Gasteiger partial charge in [0.2, 0.25) is 0 Å². The van der Waals surface area contributed by atoms with Gasteiger partial charge in [-0.15, -0.1) is 11.3 Å². The van der Waals surface area contributed by atoms with Crippen LogP contribution in [0.3, 0.4) is 0 Å². The molecule has 8 nitrogen and oxygen atoms in total. The van der Waals surface area contributed by atoms with Gasteiger partial charge in [0.05, 0.1) is 24.8 Å². The van der Waals surface area contributed by atoms with Crippen molar-refractivity contribution < 1.29 is 28.9 Å². The number of carbonyl (C=O) groups excluding carboxylic acids is 2. The Morgan fingerprint density at radius 2 is 1.82 bits per heavy atom. The van der Waals surface area contributed by atoms with E-state index in [1.165, 1.54) is 11.3 Å². The van der Waals surface area contributed by atoms with E-state index in [0.29, 0.717) is 36.8 Å². The maximum Gasteiger partial charge on any atom is 0.295 e. The Morgan fingerprint density at radius 1 is 1.03 bits per heavy atom. The van der Waals surface area contributed by atoms with Gasteiger partial charge in [-0.05, 0) is 36.1 Å². The maximum atomic E-state index is 13.1. The molecule has 3 aliphatic rings. The quantitative estimate of drug-likeness (QED) is 0.395. The van der Waals surface area contributed by atoms with Gasteiger partial charge in [-0.2, -0.15) is 0 Å². The standard InChI is InChI=1S/C24H26N2O6S/c27-22(16-4-5-17-18(15-16)32-13-12-31-17)20-21(19-3-1-14-33-19)26(24(29)23(20)28)7-2-6-25-8-10-30-11-9-25/h1,3-5,14-15,21,27H,2,6-13H2/b22-20+/t21-/m0/s1. The third-order valence-electron chi connectivity index (χ3n) is 6.15. The van der Waals surface area contributed by atoms with Crippen molar-refractivity contribution in [2.24, 2.45) is 0 Å². The molecule has 1 amide bonds. The van der Waals surface area contributed by atoms with E-state index in [9.17, 15) is 14.7 Å². The van der Waals surface area contributed by atoms with Crippen LogP contribution >= 0.6 is 11.3 Å². The average molecular weight is 471 g/mol. The highest BCUT2D eigenvalue weighted by Crippen LogP contribution is 2.42. The molecule has 5 rings (SSSR count). The highest BCUT2D eigenvalue weighted by molar-refractivity contribution is 7.10. The second-order valence-corrected chi connectivity index (χ2v) is 9.15. The van der Waals surface area contributed by atoms with Crippen LogP contribution in [0.1, 0.15) is 22.9 Å². The van der Waals surface area contributed by atoms with Crippen molar-refractivity contribution in [3.05, 3.63) is 51.7 Å². The Bertz CT molecular complexity index is 1060. The molecule has 0 aliphatic carbocycles. The molecule has 2 aromatic rings. The summed E-state index contributed by atoms with van der Waals surface area (Å²) in [5, 5.41) is 13.1. The fourth-order valence-corrected chi connectivity index (χ4v) is 5.33. The molecule has 1 N–H and O–H groups in total. The minimum Gasteiger partial charge on any atom is -0.507 e. The summed E-state index contributed by atoms with van der Waals surface area (Å²) in [7, 11) is 0. The van der Waals surface area contributed by atoms with Crippen LogP contribution in [0.4, 0.5) is 0 Å². The van der Waals surface area contributed by atoms with E-state index in [1.54, 1.807) is 23.1 Å². The first-order valence-corrected chi connectivity index (χ1v) is 12.0. The molecule has 4 heterocycles. The summed E-state index contributed by atoms with van der Waals surface area (Å²) in [5.41, 5.74) is 0.539. The van der Waals surface area contributed by atoms with Gasteiger partial charge in [0.15, 0.2) is 11.5 Å². The summed E-state index contributed by atoms with van der Waals surface area (Å²) in [6.07, 6.45) is 0.735. The van der Waals surface area contributed by atoms with E-state index in [2.05, 4.69) is 4.90 Å². The number of amides is 1. The molecule has 174 valence electrons. The van der Waals surface area contributed by atoms with E-state index in [4.69, 9.17) is 14.2 Å². The number of ketones is 1. The molecule has 33 heavy (non-hydrogen) atoms. The van der Waals surface area contributed by atoms with E-state index >= 15 is 0 Å². The number of benzene rings is 1. The molecule has 0 saturated carbocycles. The van der Waals surface area contributed by atoms with E-state index in [0.717, 1.165) is 44.1 Å². The highest BCUT2D eigenvalue weighted by atomic mass is 32.1. The lowest BCUT2D eigenvalue weighted by molar-refractivity contribution is -0.140. The van der Waals surface area contributed by atoms with Crippen LogP contribution in [0.5, 0.6) is 11.5 Å². The largest absolute Gasteiger partial charge is 0.507 e. The van der Waals surface area contributed by atoms with Gasteiger partial charge in [-0.25, -0.2) is 0 Å². The molecular formula is C24H26N2O6S. The van der Waals surface area contributed by atoms with Crippen molar-refractivity contribution in [3.8, 4) is 11.5 Å². The number of fused-ring (bicyclic) bond motifs is 1. The molecule has 0 unspecified atom stereocenters. The Hall–Kier alpha value is -2.88. The molecule has 2 saturated heterocycles. The van der Waals surface area contributed by atoms with Gasteiger partial charge < -0.3 is 24.2 Å². The topological polar surface area (TPSA) is 88.5 Å². The lowest BCUT2D eigenvalue weighted by Crippen LogP contribution is -2.38. The third-order valence-corrected chi connectivity index (χ3v) is 7.07. The van der Waals surface area contributed by atoms with Crippen LogP contribution in [0.15, 0.2) is 41.3 Å². The summed E-state index contributed by atoms with van der Waals surface area (Å²) in [6, 6.07) is 8.22. The monoisotopic (exact) mass is 470 g/mol. The normalized spacial score (nSPS) is 22.7. The lowest BCUT2D eigenvalue weighted by atomic mass is 9.99. The fourth-order valence-electron chi connectivity index (χ4n) is 4.49. The summed E-state index contributed by atoms with van der Waals surface area (Å²) < 4.78 is 16.6. The number of rotatable bonds is 6. The second kappa shape index (κ2) is 9.54. The number of likely N-dealkylation sites (tertiary alicyclic amines) is 1. The first-order valence-electron chi connectivity index (χ1n) is 11.2. The number of aliphatic hydroxyl groups is 1. The molecule has 0 spiro atoms. The van der Waals surface area contributed by atoms with Crippen molar-refractivity contribution in [3.63, 3.8) is 0 Å². The maximum absolute atomic E-state index is 13.1. The van der Waals surface area contributed by atoms with Crippen LogP contribution in [0.25, 0.3) is 5.76 Å². The van der Waals surface area contributed by atoms with Gasteiger partial charge in [0.1, 0.15) is 19.0 Å². The fraction of sp³-hybridized carbons (Fsp3) is 0.417. The Kier molecular flexibility index (Phi) is 6.34. The number of carbonyl (C=O) groups is 2. The number of morpholine rings is 1. The third kappa shape index (κ3) is 4.36. The van der Waals surface area contributed by atoms with Crippen LogP contribution in [-0.2, 0) is 14.3 Å². The minimum atomic E-state index is -0.660. The number of aliphatic hydroxyl groups excluding tert-OH is 1. The second-order valence-electron chi connectivity index (χ2n) is 8.17. The number of nitrogens with zero attached hydrogens (tertiary/aromatic N) is 2. The van der Waals surface area contributed by atoms with Crippen LogP contribution in [0, 0.1) is 0 Å². The predicted octanol–water partition coefficient (Wildman–Crippen LogP) is 2.66. The number of ether oxygens (including phenoxy) is 3. The zero-order chi connectivity index (χ0) is 22.8. The van der Waals surface area contributed by atoms with Crippen LogP contribution in [-0.4, -0.2) is 79.2 Å². The van der Waals surface area contributed by atoms with Crippen molar-refractivity contribution >= 4 is 28.8 Å². The predicted molar refractivity (Wildman–Crippen MR) is 123 cm³/mol. The highest BCUT2D eigenvalue weighted by Gasteiger charge is 2.46. The summed E-state index contributed by atoms with van der Waals surface area (Å²) in [6.45, 7) is 5.32. The van der Waals surface area contributed by atoms with Gasteiger partial charge in [0, 0.05) is 36.6 Å². The molecule has 2 fully saturated rings. The van der Waals surface area contributed by atoms with Crippen molar-refractivity contribution in [1.29, 1.82) is 0 Å². The molecule has 1 atom stereocenters. The zero-order valence-corrected chi connectivity index (χ0v) is 19.0. The average Bonchev–Trinajstić information content (AvgIpc) is 3.47. The van der Waals surface area contributed by atoms with Crippen molar-refractivity contribution in [2.45, 2.75) is 12.5 Å². The van der Waals surface area contributed by atoms with Gasteiger partial charge in [0.25, 0.3) is 11.7 Å². The molecular weight excluding hydrogens is 444 g/mol. The molecule has 0 bridgehead atoms. The minimum absolute atomic E-state index is 0.116. The van der Waals surface area contributed by atoms with Gasteiger partial charge >= 0.3 is 0 Å². The first kappa shape index (κ1) is 21.9. The Morgan fingerprint density at radius 3 is 2.58 bits per heavy atom. The van der Waals surface area contributed by atoms with Crippen LogP contribution < -0.4 is 9.47 Å². The van der Waals surface area contributed by atoms with Crippen molar-refractivity contribution in [2.75, 3.05) is 52.6 Å². The summed E-state index contributed by atoms with van der Waals surface area (Å²) >= 11 is 1.47. The molecule has 1 aromatic carbocycles. The molecule has 9 heteroatoms. The van der Waals surface area contributed by atoms with Gasteiger partial charge in [-0.3, -0.25) is 14.5 Å². The number of Topliss-reactive ketones (excluding diaryl/α,β-unsaturated/α-hetero) is 1. The number of thiophene rings is 1. The van der Waals surface area contributed by atoms with E-state index < -0.39 is 17.7 Å². The van der Waals surface area contributed by atoms with Crippen LogP contribution in [0.2, 0.25) is 0 Å². The lowest BCUT2D eigenvalue weighted by Gasteiger charge is -2.28. The molecule has 1 aromatic heterocycles. The van der Waals surface area contributed by atoms with E-state index in [-0.39, 0.29) is 11.3 Å². The van der Waals surface area contributed by atoms with E-state index in [1.807, 2.05) is 17.5 Å². The number of hydrogen-bond donors (Lipinski definition) is 1.